The number of nitrogens with two attached hydrogens (primary N) is 1. The van der Waals surface area contributed by atoms with Crippen molar-refractivity contribution in [1.82, 2.24) is 24.6 Å². The van der Waals surface area contributed by atoms with Gasteiger partial charge in [-0.25, -0.2) is 13.9 Å². The molecule has 40 heavy (non-hydrogen) atoms. The number of ether oxygens (including phenoxy) is 2. The molecule has 5 N–H and O–H groups in total. The van der Waals surface area contributed by atoms with Crippen molar-refractivity contribution in [1.29, 1.82) is 0 Å². The summed E-state index contributed by atoms with van der Waals surface area (Å²) in [6.07, 6.45) is -3.33. The summed E-state index contributed by atoms with van der Waals surface area (Å²) in [5.41, 5.74) is 2.90. The zero-order valence-corrected chi connectivity index (χ0v) is 23.2. The van der Waals surface area contributed by atoms with Crippen molar-refractivity contribution in [3.05, 3.63) is 47.0 Å². The van der Waals surface area contributed by atoms with E-state index < -0.39 is 62.0 Å². The van der Waals surface area contributed by atoms with Gasteiger partial charge in [-0.1, -0.05) is 18.2 Å². The number of hydrogen-bond donors (Lipinski definition) is 4. The number of nitrogen functional groups attached to an aromatic ring is 1. The average Bonchev–Trinajstić information content (AvgIpc) is 3.36. The van der Waals surface area contributed by atoms with Gasteiger partial charge in [0, 0.05) is 0 Å². The summed E-state index contributed by atoms with van der Waals surface area (Å²) in [4.78, 5) is 34.8. The van der Waals surface area contributed by atoms with Crippen LogP contribution in [0.1, 0.15) is 27.7 Å². The SMILES string of the molecule is CC(C)OC(=O)C(C)N[P@](=O)(OC[C@H]1O[C@@H](Cn2cnc3c(=O)[nH]c(N)nc32)[C@](C)(F)[C@@H]1O)Oc1ccccc1. The number of carbonyl (C=O) groups excluding carboxylic acids is 1. The quantitative estimate of drug-likeness (QED) is 0.189. The van der Waals surface area contributed by atoms with Gasteiger partial charge in [0.1, 0.15) is 30.1 Å². The zero-order valence-electron chi connectivity index (χ0n) is 22.3. The van der Waals surface area contributed by atoms with Crippen LogP contribution in [-0.2, 0) is 29.9 Å². The second kappa shape index (κ2) is 11.6. The molecule has 4 rings (SSSR count). The third-order valence-corrected chi connectivity index (χ3v) is 7.83. The van der Waals surface area contributed by atoms with Crippen LogP contribution in [0.25, 0.3) is 11.2 Å². The van der Waals surface area contributed by atoms with Crippen molar-refractivity contribution in [3.8, 4) is 5.75 Å². The number of imidazole rings is 1. The van der Waals surface area contributed by atoms with Gasteiger partial charge < -0.3 is 29.4 Å². The Balaban J connectivity index is 1.50. The van der Waals surface area contributed by atoms with Crippen molar-refractivity contribution in [3.63, 3.8) is 0 Å². The number of nitrogens with zero attached hydrogens (tertiary/aromatic N) is 3. The molecule has 0 spiro atoms. The molecular formula is C24H32FN6O8P. The van der Waals surface area contributed by atoms with Crippen molar-refractivity contribution in [2.45, 2.75) is 70.4 Å². The maximum atomic E-state index is 15.7. The van der Waals surface area contributed by atoms with Gasteiger partial charge in [0.2, 0.25) is 5.95 Å². The number of aromatic nitrogens is 4. The molecular weight excluding hydrogens is 550 g/mol. The van der Waals surface area contributed by atoms with E-state index in [1.807, 2.05) is 0 Å². The lowest BCUT2D eigenvalue weighted by Crippen LogP contribution is -2.43. The monoisotopic (exact) mass is 582 g/mol. The molecule has 6 atom stereocenters. The molecule has 1 fully saturated rings. The number of rotatable bonds is 11. The molecule has 218 valence electrons. The second-order valence-corrected chi connectivity index (χ2v) is 11.5. The van der Waals surface area contributed by atoms with Crippen LogP contribution in [0.3, 0.4) is 0 Å². The number of para-hydroxylation sites is 1. The van der Waals surface area contributed by atoms with Crippen LogP contribution in [0.2, 0.25) is 0 Å². The molecule has 0 aliphatic carbocycles. The summed E-state index contributed by atoms with van der Waals surface area (Å²) in [7, 11) is -4.28. The highest BCUT2D eigenvalue weighted by Gasteiger charge is 2.54. The normalized spacial score (nSPS) is 25.1. The minimum atomic E-state index is -4.28. The van der Waals surface area contributed by atoms with E-state index >= 15 is 4.39 Å². The predicted molar refractivity (Wildman–Crippen MR) is 141 cm³/mol. The Morgan fingerprint density at radius 1 is 1.35 bits per heavy atom. The first-order chi connectivity index (χ1) is 18.8. The Labute approximate surface area is 228 Å². The Kier molecular flexibility index (Phi) is 8.61. The first-order valence-electron chi connectivity index (χ1n) is 12.5. The lowest BCUT2D eigenvalue weighted by molar-refractivity contribution is -0.149. The molecule has 0 saturated carbocycles. The molecule has 1 unspecified atom stereocenters. The number of H-pyrrole nitrogens is 1. The van der Waals surface area contributed by atoms with Gasteiger partial charge in [0.25, 0.3) is 5.56 Å². The maximum Gasteiger partial charge on any atom is 0.459 e. The van der Waals surface area contributed by atoms with Gasteiger partial charge >= 0.3 is 13.7 Å². The van der Waals surface area contributed by atoms with Crippen molar-refractivity contribution < 1.29 is 37.4 Å². The minimum absolute atomic E-state index is 0.00313. The summed E-state index contributed by atoms with van der Waals surface area (Å²) < 4.78 is 52.9. The molecule has 14 nitrogen and oxygen atoms in total. The van der Waals surface area contributed by atoms with Gasteiger partial charge in [0.05, 0.1) is 25.6 Å². The van der Waals surface area contributed by atoms with Crippen LogP contribution < -0.4 is 20.9 Å². The molecule has 0 bridgehead atoms. The van der Waals surface area contributed by atoms with Gasteiger partial charge in [-0.3, -0.25) is 19.1 Å². The van der Waals surface area contributed by atoms with Crippen LogP contribution in [0.5, 0.6) is 5.75 Å². The van der Waals surface area contributed by atoms with Crippen LogP contribution in [0.15, 0.2) is 41.5 Å². The lowest BCUT2D eigenvalue weighted by Gasteiger charge is -2.25. The standard InChI is InChI=1S/C24H32FN6O8P/c1-13(2)37-22(34)14(3)30-40(35,39-15-8-6-5-7-9-15)36-11-16-19(32)24(4,25)17(38-16)10-31-12-27-18-20(31)28-23(26)29-21(18)33/h5-9,12-14,16-17,19,32H,10-11H2,1-4H3,(H,30,35)(H3,26,28,29,33)/t14?,16-,17+,19-,24+,40+/m1/s1. The maximum absolute atomic E-state index is 15.7. The fraction of sp³-hybridized carbons (Fsp3) is 0.500. The fourth-order valence-electron chi connectivity index (χ4n) is 4.11. The van der Waals surface area contributed by atoms with E-state index in [0.717, 1.165) is 6.92 Å². The number of carbonyl (C=O) groups is 1. The number of fused-ring (bicyclic) bond motifs is 1. The molecule has 1 aromatic carbocycles. The molecule has 3 heterocycles. The largest absolute Gasteiger partial charge is 0.462 e. The lowest BCUT2D eigenvalue weighted by atomic mass is 9.95. The second-order valence-electron chi connectivity index (χ2n) is 9.81. The highest BCUT2D eigenvalue weighted by molar-refractivity contribution is 7.52. The Morgan fingerprint density at radius 3 is 2.73 bits per heavy atom. The van der Waals surface area contributed by atoms with E-state index in [0.29, 0.717) is 0 Å². The highest BCUT2D eigenvalue weighted by atomic mass is 31.2. The molecule has 0 amide bonds. The number of anilines is 1. The fourth-order valence-corrected chi connectivity index (χ4v) is 5.62. The van der Waals surface area contributed by atoms with Crippen molar-refractivity contribution >= 4 is 30.8 Å². The predicted octanol–water partition coefficient (Wildman–Crippen LogP) is 1.69. The van der Waals surface area contributed by atoms with Crippen LogP contribution in [0.4, 0.5) is 10.3 Å². The number of aromatic amines is 1. The summed E-state index contributed by atoms with van der Waals surface area (Å²) in [5.74, 6) is -0.656. The third kappa shape index (κ3) is 6.50. The van der Waals surface area contributed by atoms with Crippen molar-refractivity contribution in [2.24, 2.45) is 0 Å². The molecule has 0 radical (unpaired) electrons. The summed E-state index contributed by atoms with van der Waals surface area (Å²) in [5, 5.41) is 13.3. The van der Waals surface area contributed by atoms with Gasteiger partial charge in [-0.15, -0.1) is 0 Å². The van der Waals surface area contributed by atoms with Gasteiger partial charge in [-0.05, 0) is 39.8 Å². The zero-order chi connectivity index (χ0) is 29.2. The third-order valence-electron chi connectivity index (χ3n) is 6.19. The summed E-state index contributed by atoms with van der Waals surface area (Å²) in [6, 6.07) is 6.99. The molecule has 2 aromatic heterocycles. The van der Waals surface area contributed by atoms with Crippen LogP contribution in [0, 0.1) is 0 Å². The van der Waals surface area contributed by atoms with E-state index in [1.54, 1.807) is 32.0 Å². The molecule has 16 heteroatoms. The van der Waals surface area contributed by atoms with E-state index in [2.05, 4.69) is 20.0 Å². The number of aliphatic hydroxyl groups excluding tert-OH is 1. The summed E-state index contributed by atoms with van der Waals surface area (Å²) in [6.45, 7) is 5.17. The number of alkyl halides is 1. The first kappa shape index (κ1) is 29.6. The molecule has 1 aliphatic heterocycles. The van der Waals surface area contributed by atoms with Crippen LogP contribution >= 0.6 is 7.75 Å². The number of hydrogen-bond acceptors (Lipinski definition) is 11. The van der Waals surface area contributed by atoms with E-state index in [1.165, 1.54) is 30.0 Å². The summed E-state index contributed by atoms with van der Waals surface area (Å²) >= 11 is 0. The van der Waals surface area contributed by atoms with E-state index in [-0.39, 0.29) is 29.4 Å². The number of halogens is 1. The highest BCUT2D eigenvalue weighted by Crippen LogP contribution is 2.46. The smallest absolute Gasteiger partial charge is 0.459 e. The Bertz CT molecular complexity index is 1450. The molecule has 1 aliphatic rings. The van der Waals surface area contributed by atoms with E-state index in [9.17, 15) is 19.3 Å². The van der Waals surface area contributed by atoms with Crippen LogP contribution in [-0.4, -0.2) is 73.3 Å². The molecule has 1 saturated heterocycles. The minimum Gasteiger partial charge on any atom is -0.462 e. The number of nitrogens with one attached hydrogen (secondary N) is 2. The first-order valence-corrected chi connectivity index (χ1v) is 14.0. The number of esters is 1. The Hall–Kier alpha value is -3.36. The molecule has 3 aromatic rings. The van der Waals surface area contributed by atoms with E-state index in [4.69, 9.17) is 24.3 Å². The topological polar surface area (TPSA) is 193 Å². The van der Waals surface area contributed by atoms with Gasteiger partial charge in [-0.2, -0.15) is 10.1 Å². The van der Waals surface area contributed by atoms with Crippen molar-refractivity contribution in [2.75, 3.05) is 12.3 Å². The average molecular weight is 583 g/mol. The number of benzene rings is 1. The van der Waals surface area contributed by atoms with Gasteiger partial charge in [0.15, 0.2) is 16.8 Å². The number of aliphatic hydroxyl groups is 1. The Morgan fingerprint density at radius 2 is 2.05 bits per heavy atom.